The Morgan fingerprint density at radius 3 is 2.43 bits per heavy atom. The number of rotatable bonds is 5. The third-order valence-corrected chi connectivity index (χ3v) is 5.84. The number of amides is 1. The number of ether oxygens (including phenoxy) is 1. The maximum Gasteiger partial charge on any atom is 0.307 e. The van der Waals surface area contributed by atoms with Gasteiger partial charge < -0.3 is 15.2 Å². The molecule has 144 valence electrons. The van der Waals surface area contributed by atoms with E-state index in [0.717, 1.165) is 0 Å². The molecule has 2 aliphatic carbocycles. The van der Waals surface area contributed by atoms with Crippen LogP contribution in [0.4, 0.5) is 5.69 Å². The molecule has 0 unspecified atom stereocenters. The minimum atomic E-state index is -0.936. The van der Waals surface area contributed by atoms with E-state index in [0.29, 0.717) is 33.7 Å². The highest BCUT2D eigenvalue weighted by Gasteiger charge is 2.51. The molecule has 1 amide bonds. The molecule has 7 heteroatoms. The second-order valence-corrected chi connectivity index (χ2v) is 7.84. The first-order chi connectivity index (χ1) is 13.4. The van der Waals surface area contributed by atoms with Gasteiger partial charge in [0.25, 0.3) is 0 Å². The molecule has 4 atom stereocenters. The number of carbonyl (C=O) groups is 2. The highest BCUT2D eigenvalue weighted by molar-refractivity contribution is 6.35. The summed E-state index contributed by atoms with van der Waals surface area (Å²) in [5.74, 6) is -1.88. The summed E-state index contributed by atoms with van der Waals surface area (Å²) in [4.78, 5) is 24.6. The summed E-state index contributed by atoms with van der Waals surface area (Å²) in [6.45, 7) is 0. The van der Waals surface area contributed by atoms with Crippen molar-refractivity contribution in [2.45, 2.75) is 6.42 Å². The number of aliphatic carboxylic acids is 1. The summed E-state index contributed by atoms with van der Waals surface area (Å²) in [6.07, 6.45) is 4.56. The van der Waals surface area contributed by atoms with Crippen molar-refractivity contribution in [2.75, 3.05) is 5.32 Å². The molecule has 2 aromatic rings. The summed E-state index contributed by atoms with van der Waals surface area (Å²) in [7, 11) is 0. The zero-order valence-corrected chi connectivity index (χ0v) is 16.2. The van der Waals surface area contributed by atoms with E-state index < -0.39 is 17.8 Å². The minimum absolute atomic E-state index is 0.0510. The summed E-state index contributed by atoms with van der Waals surface area (Å²) in [6, 6.07) is 11.8. The molecule has 1 saturated carbocycles. The van der Waals surface area contributed by atoms with Gasteiger partial charge in [-0.05, 0) is 48.6 Å². The second-order valence-electron chi connectivity index (χ2n) is 7.00. The molecule has 0 spiro atoms. The molecule has 0 aromatic heterocycles. The molecule has 2 N–H and O–H groups in total. The number of para-hydroxylation sites is 2. The Labute approximate surface area is 171 Å². The first-order valence-electron chi connectivity index (χ1n) is 8.88. The lowest BCUT2D eigenvalue weighted by molar-refractivity contribution is -0.146. The fraction of sp³-hybridized carbons (Fsp3) is 0.238. The van der Waals surface area contributed by atoms with Crippen molar-refractivity contribution in [3.8, 4) is 11.5 Å². The Bertz CT molecular complexity index is 975. The van der Waals surface area contributed by atoms with Crippen molar-refractivity contribution in [3.63, 3.8) is 0 Å². The van der Waals surface area contributed by atoms with Gasteiger partial charge in [-0.1, -0.05) is 47.5 Å². The number of carboxylic acid groups (broad SMARTS) is 1. The third kappa shape index (κ3) is 3.48. The lowest BCUT2D eigenvalue weighted by atomic mass is 9.82. The molecule has 28 heavy (non-hydrogen) atoms. The summed E-state index contributed by atoms with van der Waals surface area (Å²) in [5, 5.41) is 13.2. The van der Waals surface area contributed by atoms with Crippen molar-refractivity contribution >= 4 is 40.8 Å². The van der Waals surface area contributed by atoms with Crippen LogP contribution in [-0.4, -0.2) is 17.0 Å². The predicted octanol–water partition coefficient (Wildman–Crippen LogP) is 5.25. The zero-order chi connectivity index (χ0) is 19.8. The molecule has 4 rings (SSSR count). The van der Waals surface area contributed by atoms with E-state index in [1.807, 2.05) is 12.2 Å². The van der Waals surface area contributed by atoms with Crippen molar-refractivity contribution in [3.05, 3.63) is 64.7 Å². The van der Waals surface area contributed by atoms with Crippen LogP contribution in [0.25, 0.3) is 0 Å². The van der Waals surface area contributed by atoms with Crippen LogP contribution in [-0.2, 0) is 9.59 Å². The summed E-state index contributed by atoms with van der Waals surface area (Å²) < 4.78 is 5.86. The number of fused-ring (bicyclic) bond motifs is 2. The first-order valence-corrected chi connectivity index (χ1v) is 9.63. The van der Waals surface area contributed by atoms with Crippen LogP contribution in [0.5, 0.6) is 11.5 Å². The largest absolute Gasteiger partial charge is 0.481 e. The van der Waals surface area contributed by atoms with Crippen molar-refractivity contribution in [2.24, 2.45) is 23.7 Å². The number of hydrogen-bond acceptors (Lipinski definition) is 3. The van der Waals surface area contributed by atoms with Crippen LogP contribution in [0.3, 0.4) is 0 Å². The number of benzene rings is 2. The van der Waals surface area contributed by atoms with E-state index in [1.54, 1.807) is 42.5 Å². The fourth-order valence-electron chi connectivity index (χ4n) is 4.07. The Morgan fingerprint density at radius 2 is 1.71 bits per heavy atom. The quantitative estimate of drug-likeness (QED) is 0.651. The molecule has 0 radical (unpaired) electrons. The normalized spacial score (nSPS) is 24.9. The first kappa shape index (κ1) is 18.8. The van der Waals surface area contributed by atoms with Gasteiger partial charge in [-0.2, -0.15) is 0 Å². The minimum Gasteiger partial charge on any atom is -0.481 e. The fourth-order valence-corrected chi connectivity index (χ4v) is 4.51. The van der Waals surface area contributed by atoms with E-state index >= 15 is 0 Å². The number of halogens is 2. The smallest absolute Gasteiger partial charge is 0.307 e. The molecule has 2 aromatic carbocycles. The number of allylic oxidation sites excluding steroid dienone is 2. The molecule has 5 nitrogen and oxygen atoms in total. The van der Waals surface area contributed by atoms with Gasteiger partial charge in [-0.15, -0.1) is 0 Å². The van der Waals surface area contributed by atoms with Crippen LogP contribution in [0, 0.1) is 23.7 Å². The zero-order valence-electron chi connectivity index (χ0n) is 14.6. The number of nitrogens with one attached hydrogen (secondary N) is 1. The molecular formula is C21H17Cl2NO4. The van der Waals surface area contributed by atoms with Crippen LogP contribution >= 0.6 is 23.2 Å². The maximum atomic E-state index is 12.9. The molecular weight excluding hydrogens is 401 g/mol. The van der Waals surface area contributed by atoms with Crippen LogP contribution < -0.4 is 10.1 Å². The summed E-state index contributed by atoms with van der Waals surface area (Å²) in [5.41, 5.74) is 0.453. The van der Waals surface area contributed by atoms with E-state index in [4.69, 9.17) is 27.9 Å². The SMILES string of the molecule is O=C(Nc1ccccc1Oc1ccc(Cl)cc1Cl)[C@@H]1[C@H](C(=O)O)[C@@H]2C=C[C@H]1C2. The van der Waals surface area contributed by atoms with E-state index in [2.05, 4.69) is 5.32 Å². The Hall–Kier alpha value is -2.50. The van der Waals surface area contributed by atoms with Gasteiger partial charge in [0.1, 0.15) is 5.75 Å². The lowest BCUT2D eigenvalue weighted by Crippen LogP contribution is -2.36. The number of carboxylic acids is 1. The molecule has 2 bridgehead atoms. The van der Waals surface area contributed by atoms with E-state index in [1.165, 1.54) is 0 Å². The molecule has 0 saturated heterocycles. The highest BCUT2D eigenvalue weighted by Crippen LogP contribution is 2.48. The van der Waals surface area contributed by atoms with Crippen LogP contribution in [0.1, 0.15) is 6.42 Å². The lowest BCUT2D eigenvalue weighted by Gasteiger charge is -2.24. The predicted molar refractivity (Wildman–Crippen MR) is 107 cm³/mol. The second kappa shape index (κ2) is 7.49. The van der Waals surface area contributed by atoms with Gasteiger partial charge in [0.2, 0.25) is 5.91 Å². The van der Waals surface area contributed by atoms with Gasteiger partial charge >= 0.3 is 5.97 Å². The average Bonchev–Trinajstić information content (AvgIpc) is 3.27. The number of anilines is 1. The van der Waals surface area contributed by atoms with Crippen molar-refractivity contribution < 1.29 is 19.4 Å². The monoisotopic (exact) mass is 417 g/mol. The van der Waals surface area contributed by atoms with Crippen LogP contribution in [0.15, 0.2) is 54.6 Å². The Morgan fingerprint density at radius 1 is 1.00 bits per heavy atom. The van der Waals surface area contributed by atoms with Gasteiger partial charge in [0, 0.05) is 5.02 Å². The van der Waals surface area contributed by atoms with Crippen molar-refractivity contribution in [1.82, 2.24) is 0 Å². The topological polar surface area (TPSA) is 75.6 Å². The van der Waals surface area contributed by atoms with Gasteiger partial charge in [-0.3, -0.25) is 9.59 Å². The van der Waals surface area contributed by atoms with E-state index in [9.17, 15) is 14.7 Å². The molecule has 1 fully saturated rings. The Balaban J connectivity index is 1.56. The standard InChI is InChI=1S/C21H17Cl2NO4/c22-13-7-8-16(14(23)10-13)28-17-4-2-1-3-15(17)24-20(25)18-11-5-6-12(9-11)19(18)21(26)27/h1-8,10-12,18-19H,9H2,(H,24,25)(H,26,27)/t11-,12+,18-,19+/m0/s1. The van der Waals surface area contributed by atoms with E-state index in [-0.39, 0.29) is 17.7 Å². The number of carbonyl (C=O) groups excluding carboxylic acids is 1. The molecule has 0 aliphatic heterocycles. The third-order valence-electron chi connectivity index (χ3n) is 5.31. The maximum absolute atomic E-state index is 12.9. The van der Waals surface area contributed by atoms with Gasteiger partial charge in [-0.25, -0.2) is 0 Å². The van der Waals surface area contributed by atoms with Crippen LogP contribution in [0.2, 0.25) is 10.0 Å². The molecule has 2 aliphatic rings. The number of hydrogen-bond donors (Lipinski definition) is 2. The van der Waals surface area contributed by atoms with Gasteiger partial charge in [0.05, 0.1) is 22.5 Å². The molecule has 0 heterocycles. The van der Waals surface area contributed by atoms with Gasteiger partial charge in [0.15, 0.2) is 5.75 Å². The van der Waals surface area contributed by atoms with Crippen molar-refractivity contribution in [1.29, 1.82) is 0 Å². The average molecular weight is 418 g/mol. The Kier molecular flexibility index (Phi) is 5.04. The highest BCUT2D eigenvalue weighted by atomic mass is 35.5. The summed E-state index contributed by atoms with van der Waals surface area (Å²) >= 11 is 12.1.